The Bertz CT molecular complexity index is 1170. The largest absolute Gasteiger partial charge is 0.266 e. The molecule has 4 nitrogen and oxygen atoms in total. The summed E-state index contributed by atoms with van der Waals surface area (Å²) in [7, 11) is 1.95. The fourth-order valence-corrected chi connectivity index (χ4v) is 3.36. The highest BCUT2D eigenvalue weighted by Crippen LogP contribution is 2.34. The number of benzene rings is 2. The van der Waals surface area contributed by atoms with Crippen molar-refractivity contribution in [2.45, 2.75) is 26.2 Å². The van der Waals surface area contributed by atoms with Gasteiger partial charge in [-0.15, -0.1) is 0 Å². The van der Waals surface area contributed by atoms with Crippen LogP contribution in [0.1, 0.15) is 25.0 Å². The number of nitrogens with zero attached hydrogens (tertiary/aromatic N) is 4. The summed E-state index contributed by atoms with van der Waals surface area (Å²) in [4.78, 5) is 4.58. The number of pyridine rings is 1. The molecule has 0 atom stereocenters. The van der Waals surface area contributed by atoms with Crippen molar-refractivity contribution in [2.75, 3.05) is 0 Å². The number of rotatable bonds is 2. The van der Waals surface area contributed by atoms with Crippen LogP contribution in [0.4, 0.5) is 0 Å². The van der Waals surface area contributed by atoms with E-state index in [-0.39, 0.29) is 0 Å². The Morgan fingerprint density at radius 3 is 2.50 bits per heavy atom. The molecule has 26 heavy (non-hydrogen) atoms. The van der Waals surface area contributed by atoms with Gasteiger partial charge in [0.25, 0.3) is 0 Å². The summed E-state index contributed by atoms with van der Waals surface area (Å²) >= 11 is 0. The zero-order valence-electron chi connectivity index (χ0n) is 15.4. The maximum atomic E-state index is 9.35. The smallest absolute Gasteiger partial charge is 0.101 e. The van der Waals surface area contributed by atoms with Crippen LogP contribution in [0.5, 0.6) is 0 Å². The molecule has 2 aromatic heterocycles. The zero-order valence-corrected chi connectivity index (χ0v) is 15.4. The van der Waals surface area contributed by atoms with Gasteiger partial charge in [0.15, 0.2) is 0 Å². The molecule has 0 radical (unpaired) electrons. The van der Waals surface area contributed by atoms with Crippen LogP contribution in [0.3, 0.4) is 0 Å². The predicted octanol–water partition coefficient (Wildman–Crippen LogP) is 4.90. The van der Waals surface area contributed by atoms with E-state index in [0.29, 0.717) is 0 Å². The van der Waals surface area contributed by atoms with Gasteiger partial charge in [-0.3, -0.25) is 9.67 Å². The van der Waals surface area contributed by atoms with Crippen LogP contribution in [-0.4, -0.2) is 14.8 Å². The lowest BCUT2D eigenvalue weighted by molar-refractivity contribution is 0.687. The SMILES string of the molecule is Cc1ccc2ncc3c(c(-c4ccc(C(C)(C)C#N)cc4)nn3C)c2c1. The molecule has 128 valence electrons. The molecule has 0 unspecified atom stereocenters. The summed E-state index contributed by atoms with van der Waals surface area (Å²) in [6.07, 6.45) is 1.89. The topological polar surface area (TPSA) is 54.5 Å². The third kappa shape index (κ3) is 2.44. The van der Waals surface area contributed by atoms with Gasteiger partial charge in [-0.05, 0) is 38.5 Å². The number of aryl methyl sites for hydroxylation is 2. The summed E-state index contributed by atoms with van der Waals surface area (Å²) in [6.45, 7) is 5.95. The number of fused-ring (bicyclic) bond motifs is 3. The molecule has 0 aliphatic carbocycles. The average molecular weight is 340 g/mol. The molecule has 4 heteroatoms. The van der Waals surface area contributed by atoms with E-state index < -0.39 is 5.41 Å². The Morgan fingerprint density at radius 2 is 1.81 bits per heavy atom. The van der Waals surface area contributed by atoms with E-state index in [2.05, 4.69) is 48.3 Å². The van der Waals surface area contributed by atoms with Crippen molar-refractivity contribution in [3.8, 4) is 17.3 Å². The summed E-state index contributed by atoms with van der Waals surface area (Å²) in [5.41, 5.74) is 5.68. The second-order valence-corrected chi connectivity index (χ2v) is 7.33. The molecule has 0 N–H and O–H groups in total. The first-order valence-corrected chi connectivity index (χ1v) is 8.65. The maximum absolute atomic E-state index is 9.35. The molecule has 0 bridgehead atoms. The number of nitriles is 1. The first-order valence-electron chi connectivity index (χ1n) is 8.65. The minimum Gasteiger partial charge on any atom is -0.266 e. The lowest BCUT2D eigenvalue weighted by Gasteiger charge is -2.15. The van der Waals surface area contributed by atoms with Gasteiger partial charge in [-0.2, -0.15) is 10.4 Å². The monoisotopic (exact) mass is 340 g/mol. The fraction of sp³-hybridized carbons (Fsp3) is 0.227. The van der Waals surface area contributed by atoms with E-state index in [1.807, 2.05) is 43.9 Å². The third-order valence-corrected chi connectivity index (χ3v) is 5.00. The van der Waals surface area contributed by atoms with Crippen LogP contribution in [0.25, 0.3) is 33.1 Å². The predicted molar refractivity (Wildman–Crippen MR) is 105 cm³/mol. The highest BCUT2D eigenvalue weighted by Gasteiger charge is 2.20. The van der Waals surface area contributed by atoms with Crippen LogP contribution in [0.2, 0.25) is 0 Å². The maximum Gasteiger partial charge on any atom is 0.101 e. The Hall–Kier alpha value is -3.19. The second-order valence-electron chi connectivity index (χ2n) is 7.33. The van der Waals surface area contributed by atoms with Crippen LogP contribution in [0, 0.1) is 18.3 Å². The van der Waals surface area contributed by atoms with Crippen molar-refractivity contribution in [1.82, 2.24) is 14.8 Å². The molecular formula is C22H20N4. The molecule has 0 aliphatic rings. The van der Waals surface area contributed by atoms with Crippen molar-refractivity contribution >= 4 is 21.8 Å². The molecular weight excluding hydrogens is 320 g/mol. The van der Waals surface area contributed by atoms with Crippen molar-refractivity contribution in [1.29, 1.82) is 5.26 Å². The van der Waals surface area contributed by atoms with Crippen molar-refractivity contribution < 1.29 is 0 Å². The standard InChI is InChI=1S/C22H20N4/c1-14-5-10-18-17(11-14)20-19(12-24-18)26(4)25-21(20)15-6-8-16(9-7-15)22(2,3)13-23/h5-12H,1-4H3. The molecule has 0 saturated heterocycles. The first kappa shape index (κ1) is 16.3. The van der Waals surface area contributed by atoms with E-state index in [0.717, 1.165) is 38.6 Å². The van der Waals surface area contributed by atoms with E-state index in [9.17, 15) is 5.26 Å². The number of hydrogen-bond donors (Lipinski definition) is 0. The van der Waals surface area contributed by atoms with Crippen LogP contribution in [-0.2, 0) is 12.5 Å². The molecule has 4 rings (SSSR count). The Morgan fingerprint density at radius 1 is 1.08 bits per heavy atom. The summed E-state index contributed by atoms with van der Waals surface area (Å²) in [5.74, 6) is 0. The quantitative estimate of drug-likeness (QED) is 0.521. The van der Waals surface area contributed by atoms with Crippen molar-refractivity contribution in [2.24, 2.45) is 7.05 Å². The summed E-state index contributed by atoms with van der Waals surface area (Å²) < 4.78 is 1.88. The summed E-state index contributed by atoms with van der Waals surface area (Å²) in [6, 6.07) is 16.8. The van der Waals surface area contributed by atoms with Gasteiger partial charge < -0.3 is 0 Å². The van der Waals surface area contributed by atoms with Crippen LogP contribution < -0.4 is 0 Å². The fourth-order valence-electron chi connectivity index (χ4n) is 3.36. The molecule has 0 amide bonds. The minimum absolute atomic E-state index is 0.502. The summed E-state index contributed by atoms with van der Waals surface area (Å²) in [5, 5.41) is 16.4. The van der Waals surface area contributed by atoms with Gasteiger partial charge >= 0.3 is 0 Å². The number of hydrogen-bond acceptors (Lipinski definition) is 3. The second kappa shape index (κ2) is 5.67. The molecule has 0 spiro atoms. The minimum atomic E-state index is -0.502. The molecule has 0 saturated carbocycles. The lowest BCUT2D eigenvalue weighted by Crippen LogP contribution is -2.13. The first-order chi connectivity index (χ1) is 12.4. The van der Waals surface area contributed by atoms with E-state index in [1.165, 1.54) is 5.56 Å². The normalized spacial score (nSPS) is 11.8. The molecule has 2 heterocycles. The van der Waals surface area contributed by atoms with Gasteiger partial charge in [0, 0.05) is 23.4 Å². The Labute approximate surface area is 152 Å². The zero-order chi connectivity index (χ0) is 18.5. The van der Waals surface area contributed by atoms with E-state index in [4.69, 9.17) is 5.10 Å². The van der Waals surface area contributed by atoms with Crippen molar-refractivity contribution in [3.05, 3.63) is 59.8 Å². The van der Waals surface area contributed by atoms with Crippen LogP contribution >= 0.6 is 0 Å². The van der Waals surface area contributed by atoms with E-state index >= 15 is 0 Å². The molecule has 2 aromatic carbocycles. The molecule has 0 fully saturated rings. The molecule has 0 aliphatic heterocycles. The van der Waals surface area contributed by atoms with Gasteiger partial charge in [0.1, 0.15) is 5.69 Å². The number of aromatic nitrogens is 3. The van der Waals surface area contributed by atoms with Gasteiger partial charge in [-0.25, -0.2) is 0 Å². The Balaban J connectivity index is 1.97. The van der Waals surface area contributed by atoms with E-state index in [1.54, 1.807) is 0 Å². The van der Waals surface area contributed by atoms with Gasteiger partial charge in [0.2, 0.25) is 0 Å². The van der Waals surface area contributed by atoms with Crippen molar-refractivity contribution in [3.63, 3.8) is 0 Å². The van der Waals surface area contributed by atoms with Gasteiger partial charge in [-0.1, -0.05) is 35.9 Å². The van der Waals surface area contributed by atoms with Gasteiger partial charge in [0.05, 0.1) is 28.7 Å². The highest BCUT2D eigenvalue weighted by molar-refractivity contribution is 6.11. The lowest BCUT2D eigenvalue weighted by atomic mass is 9.86. The highest BCUT2D eigenvalue weighted by atomic mass is 15.3. The Kier molecular flexibility index (Phi) is 3.55. The van der Waals surface area contributed by atoms with Crippen LogP contribution in [0.15, 0.2) is 48.7 Å². The third-order valence-electron chi connectivity index (χ3n) is 5.00. The average Bonchev–Trinajstić information content (AvgIpc) is 2.99. The molecule has 4 aromatic rings.